The summed E-state index contributed by atoms with van der Waals surface area (Å²) in [6, 6.07) is 9.57. The third-order valence-electron chi connectivity index (χ3n) is 5.27. The minimum absolute atomic E-state index is 0.0813. The number of ether oxygens (including phenoxy) is 1. The van der Waals surface area contributed by atoms with Crippen molar-refractivity contribution >= 4 is 38.6 Å². The zero-order chi connectivity index (χ0) is 24.7. The third kappa shape index (κ3) is 5.48. The van der Waals surface area contributed by atoms with Crippen molar-refractivity contribution in [3.8, 4) is 16.9 Å². The molecule has 34 heavy (non-hydrogen) atoms. The Hall–Kier alpha value is -2.34. The van der Waals surface area contributed by atoms with E-state index in [1.807, 2.05) is 11.9 Å². The quantitative estimate of drug-likeness (QED) is 0.388. The molecule has 182 valence electrons. The average molecular weight is 535 g/mol. The standard InChI is InChI=1S/C22H19ClF4N2O3S2/c1-29-9-8-16(12-29)32-19-10-15(6-7-18(19)22(25,26)27)28-34(30,31)20-11-17(21(23)33-20)13-2-4-14(24)5-3-13/h2-7,10-11,16,28H,8-9,12H2,1H3. The molecular weight excluding hydrogens is 516 g/mol. The number of anilines is 1. The summed E-state index contributed by atoms with van der Waals surface area (Å²) in [7, 11) is -2.33. The second-order valence-corrected chi connectivity index (χ2v) is 11.4. The summed E-state index contributed by atoms with van der Waals surface area (Å²) in [5.74, 6) is -0.890. The van der Waals surface area contributed by atoms with Crippen molar-refractivity contribution in [2.75, 3.05) is 24.9 Å². The van der Waals surface area contributed by atoms with Crippen LogP contribution in [0.15, 0.2) is 52.7 Å². The van der Waals surface area contributed by atoms with Gasteiger partial charge in [-0.2, -0.15) is 13.2 Å². The zero-order valence-electron chi connectivity index (χ0n) is 17.7. The Morgan fingerprint density at radius 1 is 1.15 bits per heavy atom. The lowest BCUT2D eigenvalue weighted by Crippen LogP contribution is -2.23. The first-order chi connectivity index (χ1) is 15.9. The van der Waals surface area contributed by atoms with Crippen LogP contribution >= 0.6 is 22.9 Å². The van der Waals surface area contributed by atoms with E-state index in [0.29, 0.717) is 30.6 Å². The molecule has 2 heterocycles. The van der Waals surface area contributed by atoms with Crippen LogP contribution in [-0.2, 0) is 16.2 Å². The molecule has 0 amide bonds. The number of alkyl halides is 3. The van der Waals surface area contributed by atoms with E-state index in [9.17, 15) is 26.0 Å². The summed E-state index contributed by atoms with van der Waals surface area (Å²) < 4.78 is 87.5. The Balaban J connectivity index is 1.62. The molecule has 1 N–H and O–H groups in total. The molecule has 1 aliphatic rings. The molecule has 1 saturated heterocycles. The lowest BCUT2D eigenvalue weighted by Gasteiger charge is -2.19. The highest BCUT2D eigenvalue weighted by Gasteiger charge is 2.36. The first-order valence-electron chi connectivity index (χ1n) is 10.1. The van der Waals surface area contributed by atoms with Crippen LogP contribution in [0.3, 0.4) is 0 Å². The number of benzene rings is 2. The fourth-order valence-corrected chi connectivity index (χ4v) is 6.41. The minimum atomic E-state index is -4.66. The predicted molar refractivity (Wildman–Crippen MR) is 124 cm³/mol. The van der Waals surface area contributed by atoms with Crippen LogP contribution < -0.4 is 9.46 Å². The van der Waals surface area contributed by atoms with E-state index in [1.54, 1.807) is 0 Å². The van der Waals surface area contributed by atoms with E-state index in [-0.39, 0.29) is 14.2 Å². The lowest BCUT2D eigenvalue weighted by molar-refractivity contribution is -0.139. The van der Waals surface area contributed by atoms with Gasteiger partial charge in [0.1, 0.15) is 26.2 Å². The van der Waals surface area contributed by atoms with Crippen LogP contribution in [0.25, 0.3) is 11.1 Å². The van der Waals surface area contributed by atoms with Gasteiger partial charge in [-0.15, -0.1) is 11.3 Å². The van der Waals surface area contributed by atoms with Crippen molar-refractivity contribution < 1.29 is 30.7 Å². The van der Waals surface area contributed by atoms with Gasteiger partial charge in [-0.05, 0) is 49.4 Å². The Morgan fingerprint density at radius 3 is 2.47 bits per heavy atom. The van der Waals surface area contributed by atoms with Gasteiger partial charge in [-0.25, -0.2) is 12.8 Å². The molecule has 1 atom stereocenters. The first-order valence-corrected chi connectivity index (χ1v) is 12.7. The number of halogens is 5. The van der Waals surface area contributed by atoms with E-state index in [4.69, 9.17) is 16.3 Å². The molecular formula is C22H19ClF4N2O3S2. The maximum absolute atomic E-state index is 13.5. The van der Waals surface area contributed by atoms with Crippen LogP contribution in [0.1, 0.15) is 12.0 Å². The van der Waals surface area contributed by atoms with Gasteiger partial charge >= 0.3 is 6.18 Å². The summed E-state index contributed by atoms with van der Waals surface area (Å²) in [6.45, 7) is 1.15. The van der Waals surface area contributed by atoms with Crippen LogP contribution in [0.5, 0.6) is 5.75 Å². The van der Waals surface area contributed by atoms with Gasteiger partial charge in [0.15, 0.2) is 0 Å². The fraction of sp³-hybridized carbons (Fsp3) is 0.273. The van der Waals surface area contributed by atoms with Gasteiger partial charge in [0.25, 0.3) is 10.0 Å². The van der Waals surface area contributed by atoms with Gasteiger partial charge < -0.3 is 9.64 Å². The van der Waals surface area contributed by atoms with Gasteiger partial charge in [-0.3, -0.25) is 4.72 Å². The molecule has 2 aromatic carbocycles. The van der Waals surface area contributed by atoms with E-state index in [1.165, 1.54) is 30.3 Å². The number of rotatable bonds is 6. The van der Waals surface area contributed by atoms with Gasteiger partial charge in [0.05, 0.1) is 11.3 Å². The highest BCUT2D eigenvalue weighted by molar-refractivity contribution is 7.94. The number of hydrogen-bond donors (Lipinski definition) is 1. The summed E-state index contributed by atoms with van der Waals surface area (Å²) >= 11 is 7.00. The fourth-order valence-electron chi connectivity index (χ4n) is 3.60. The van der Waals surface area contributed by atoms with Crippen molar-refractivity contribution in [2.24, 2.45) is 0 Å². The largest absolute Gasteiger partial charge is 0.488 e. The molecule has 12 heteroatoms. The summed E-state index contributed by atoms with van der Waals surface area (Å²) in [6.07, 6.45) is -4.54. The Morgan fingerprint density at radius 2 is 1.85 bits per heavy atom. The van der Waals surface area contributed by atoms with Crippen LogP contribution in [0.4, 0.5) is 23.2 Å². The van der Waals surface area contributed by atoms with Crippen LogP contribution in [0.2, 0.25) is 4.34 Å². The molecule has 4 rings (SSSR count). The molecule has 3 aromatic rings. The molecule has 0 bridgehead atoms. The Bertz CT molecular complexity index is 1290. The summed E-state index contributed by atoms with van der Waals surface area (Å²) in [5.41, 5.74) is -0.144. The smallest absolute Gasteiger partial charge is 0.419 e. The van der Waals surface area contributed by atoms with Crippen LogP contribution in [0, 0.1) is 5.82 Å². The molecule has 1 fully saturated rings. The molecule has 1 aromatic heterocycles. The molecule has 1 unspecified atom stereocenters. The molecule has 0 radical (unpaired) electrons. The molecule has 1 aliphatic heterocycles. The van der Waals surface area contributed by atoms with E-state index in [2.05, 4.69) is 4.72 Å². The summed E-state index contributed by atoms with van der Waals surface area (Å²) in [5, 5.41) is 0. The highest BCUT2D eigenvalue weighted by Crippen LogP contribution is 2.41. The van der Waals surface area contributed by atoms with Crippen molar-refractivity contribution in [1.82, 2.24) is 4.90 Å². The van der Waals surface area contributed by atoms with E-state index >= 15 is 0 Å². The molecule has 0 saturated carbocycles. The number of thiophene rings is 1. The topological polar surface area (TPSA) is 58.6 Å². The third-order valence-corrected chi connectivity index (χ3v) is 8.48. The number of sulfonamides is 1. The van der Waals surface area contributed by atoms with Gasteiger partial charge in [-0.1, -0.05) is 23.7 Å². The van der Waals surface area contributed by atoms with E-state index < -0.39 is 39.4 Å². The number of nitrogens with zero attached hydrogens (tertiary/aromatic N) is 1. The first kappa shape index (κ1) is 24.8. The maximum atomic E-state index is 13.5. The molecule has 0 aliphatic carbocycles. The maximum Gasteiger partial charge on any atom is 0.419 e. The predicted octanol–water partition coefficient (Wildman–Crippen LogP) is 6.11. The number of hydrogen-bond acceptors (Lipinski definition) is 5. The highest BCUT2D eigenvalue weighted by atomic mass is 35.5. The second kappa shape index (κ2) is 9.37. The van der Waals surface area contributed by atoms with Gasteiger partial charge in [0, 0.05) is 24.7 Å². The molecule has 0 spiro atoms. The Labute approximate surface area is 203 Å². The Kier molecular flexibility index (Phi) is 6.83. The second-order valence-electron chi connectivity index (χ2n) is 7.86. The number of nitrogens with one attached hydrogen (secondary N) is 1. The van der Waals surface area contributed by atoms with Gasteiger partial charge in [0.2, 0.25) is 0 Å². The van der Waals surface area contributed by atoms with Crippen molar-refractivity contribution in [3.05, 3.63) is 64.2 Å². The van der Waals surface area contributed by atoms with Crippen molar-refractivity contribution in [1.29, 1.82) is 0 Å². The SMILES string of the molecule is CN1CCC(Oc2cc(NS(=O)(=O)c3cc(-c4ccc(F)cc4)c(Cl)s3)ccc2C(F)(F)F)C1. The van der Waals surface area contributed by atoms with Crippen LogP contribution in [-0.4, -0.2) is 39.6 Å². The van der Waals surface area contributed by atoms with E-state index in [0.717, 1.165) is 29.5 Å². The van der Waals surface area contributed by atoms with Crippen molar-refractivity contribution in [3.63, 3.8) is 0 Å². The lowest BCUT2D eigenvalue weighted by atomic mass is 10.1. The monoisotopic (exact) mass is 534 g/mol. The number of likely N-dealkylation sites (tertiary alicyclic amines) is 1. The average Bonchev–Trinajstić information content (AvgIpc) is 3.33. The zero-order valence-corrected chi connectivity index (χ0v) is 20.1. The minimum Gasteiger partial charge on any atom is -0.488 e. The summed E-state index contributed by atoms with van der Waals surface area (Å²) in [4.78, 5) is 1.93. The normalized spacial score (nSPS) is 17.2. The number of likely N-dealkylation sites (N-methyl/N-ethyl adjacent to an activating group) is 1. The molecule has 5 nitrogen and oxygen atoms in total. The van der Waals surface area contributed by atoms with Crippen molar-refractivity contribution in [2.45, 2.75) is 22.9 Å².